The number of hydrogen-bond donors (Lipinski definition) is 1. The fourth-order valence-electron chi connectivity index (χ4n) is 4.10. The van der Waals surface area contributed by atoms with Gasteiger partial charge in [-0.15, -0.1) is 0 Å². The van der Waals surface area contributed by atoms with Crippen molar-refractivity contribution >= 4 is 11.8 Å². The standard InChI is InChI=1S/C26H27N3O2/c30-25(22-13-17-29(18-14-22)26(31)23-11-15-27-16-12-23)28-24(21-9-5-2-6-10-21)19-20-7-3-1-4-8-20/h1-12,15-16,22,24H,13-14,17-19H2,(H,28,30). The fraction of sp³-hybridized carbons (Fsp3) is 0.269. The number of benzene rings is 2. The second-order valence-electron chi connectivity index (χ2n) is 7.96. The molecule has 1 saturated heterocycles. The molecule has 3 aromatic rings. The van der Waals surface area contributed by atoms with E-state index < -0.39 is 0 Å². The van der Waals surface area contributed by atoms with Crippen molar-refractivity contribution in [2.45, 2.75) is 25.3 Å². The highest BCUT2D eigenvalue weighted by molar-refractivity contribution is 5.94. The quantitative estimate of drug-likeness (QED) is 0.664. The molecule has 0 saturated carbocycles. The number of amides is 2. The van der Waals surface area contributed by atoms with Crippen molar-refractivity contribution in [2.24, 2.45) is 5.92 Å². The molecule has 5 heteroatoms. The van der Waals surface area contributed by atoms with E-state index in [0.717, 1.165) is 12.0 Å². The van der Waals surface area contributed by atoms with Crippen LogP contribution in [-0.2, 0) is 11.2 Å². The fourth-order valence-corrected chi connectivity index (χ4v) is 4.10. The predicted octanol–water partition coefficient (Wildman–Crippen LogP) is 4.03. The monoisotopic (exact) mass is 413 g/mol. The average molecular weight is 414 g/mol. The van der Waals surface area contributed by atoms with Crippen LogP contribution in [0.25, 0.3) is 0 Å². The van der Waals surface area contributed by atoms with Crippen LogP contribution in [0.1, 0.15) is 40.4 Å². The van der Waals surface area contributed by atoms with Gasteiger partial charge in [0.15, 0.2) is 0 Å². The molecule has 0 spiro atoms. The van der Waals surface area contributed by atoms with Gasteiger partial charge in [0, 0.05) is 37.0 Å². The molecule has 1 unspecified atom stereocenters. The summed E-state index contributed by atoms with van der Waals surface area (Å²) in [4.78, 5) is 31.5. The van der Waals surface area contributed by atoms with Crippen LogP contribution in [0.4, 0.5) is 0 Å². The summed E-state index contributed by atoms with van der Waals surface area (Å²) >= 11 is 0. The third-order valence-corrected chi connectivity index (χ3v) is 5.88. The second-order valence-corrected chi connectivity index (χ2v) is 7.96. The average Bonchev–Trinajstić information content (AvgIpc) is 2.85. The van der Waals surface area contributed by atoms with Gasteiger partial charge in [-0.2, -0.15) is 0 Å². The number of nitrogens with one attached hydrogen (secondary N) is 1. The van der Waals surface area contributed by atoms with Crippen molar-refractivity contribution in [2.75, 3.05) is 13.1 Å². The number of piperidine rings is 1. The van der Waals surface area contributed by atoms with E-state index in [9.17, 15) is 9.59 Å². The Kier molecular flexibility index (Phi) is 6.72. The molecule has 2 aromatic carbocycles. The molecule has 31 heavy (non-hydrogen) atoms. The topological polar surface area (TPSA) is 62.3 Å². The van der Waals surface area contributed by atoms with Gasteiger partial charge in [-0.25, -0.2) is 0 Å². The van der Waals surface area contributed by atoms with Crippen molar-refractivity contribution < 1.29 is 9.59 Å². The third-order valence-electron chi connectivity index (χ3n) is 5.88. The van der Waals surface area contributed by atoms with Crippen LogP contribution in [0, 0.1) is 5.92 Å². The van der Waals surface area contributed by atoms with E-state index in [1.165, 1.54) is 5.56 Å². The van der Waals surface area contributed by atoms with Gasteiger partial charge in [-0.3, -0.25) is 14.6 Å². The first kappa shape index (κ1) is 20.8. The van der Waals surface area contributed by atoms with Gasteiger partial charge in [0.25, 0.3) is 5.91 Å². The molecular weight excluding hydrogens is 386 g/mol. The Morgan fingerprint density at radius 2 is 1.52 bits per heavy atom. The number of carbonyl (C=O) groups is 2. The van der Waals surface area contributed by atoms with Crippen LogP contribution < -0.4 is 5.32 Å². The summed E-state index contributed by atoms with van der Waals surface area (Å²) in [6.45, 7) is 1.18. The van der Waals surface area contributed by atoms with E-state index >= 15 is 0 Å². The number of likely N-dealkylation sites (tertiary alicyclic amines) is 1. The van der Waals surface area contributed by atoms with E-state index in [1.54, 1.807) is 24.5 Å². The van der Waals surface area contributed by atoms with Crippen molar-refractivity contribution in [1.29, 1.82) is 0 Å². The summed E-state index contributed by atoms with van der Waals surface area (Å²) in [6.07, 6.45) is 5.36. The lowest BCUT2D eigenvalue weighted by Gasteiger charge is -2.32. The van der Waals surface area contributed by atoms with Crippen molar-refractivity contribution in [1.82, 2.24) is 15.2 Å². The molecule has 1 aliphatic heterocycles. The SMILES string of the molecule is O=C(NC(Cc1ccccc1)c1ccccc1)C1CCN(C(=O)c2ccncc2)CC1. The summed E-state index contributed by atoms with van der Waals surface area (Å²) in [7, 11) is 0. The summed E-state index contributed by atoms with van der Waals surface area (Å²) < 4.78 is 0. The molecule has 1 atom stereocenters. The Labute approximate surface area is 183 Å². The summed E-state index contributed by atoms with van der Waals surface area (Å²) in [5.41, 5.74) is 2.93. The molecule has 1 fully saturated rings. The highest BCUT2D eigenvalue weighted by atomic mass is 16.2. The number of hydrogen-bond acceptors (Lipinski definition) is 3. The van der Waals surface area contributed by atoms with Crippen molar-refractivity contribution in [3.63, 3.8) is 0 Å². The van der Waals surface area contributed by atoms with Crippen LogP contribution >= 0.6 is 0 Å². The second kappa shape index (κ2) is 10.0. The van der Waals surface area contributed by atoms with Gasteiger partial charge >= 0.3 is 0 Å². The Balaban J connectivity index is 1.38. The van der Waals surface area contributed by atoms with Crippen LogP contribution in [-0.4, -0.2) is 34.8 Å². The minimum absolute atomic E-state index is 0.00694. The zero-order chi connectivity index (χ0) is 21.5. The van der Waals surface area contributed by atoms with Gasteiger partial charge in [0.2, 0.25) is 5.91 Å². The molecule has 1 aromatic heterocycles. The Hall–Kier alpha value is -3.47. The molecule has 0 aliphatic carbocycles. The lowest BCUT2D eigenvalue weighted by Crippen LogP contribution is -2.44. The zero-order valence-corrected chi connectivity index (χ0v) is 17.5. The van der Waals surface area contributed by atoms with E-state index in [4.69, 9.17) is 0 Å². The van der Waals surface area contributed by atoms with Gasteiger partial charge in [0.1, 0.15) is 0 Å². The number of pyridine rings is 1. The summed E-state index contributed by atoms with van der Waals surface area (Å²) in [6, 6.07) is 23.7. The predicted molar refractivity (Wildman–Crippen MR) is 120 cm³/mol. The highest BCUT2D eigenvalue weighted by Gasteiger charge is 2.29. The first-order valence-corrected chi connectivity index (χ1v) is 10.8. The van der Waals surface area contributed by atoms with Crippen LogP contribution in [0.3, 0.4) is 0 Å². The minimum atomic E-state index is -0.0801. The lowest BCUT2D eigenvalue weighted by atomic mass is 9.93. The molecule has 0 radical (unpaired) electrons. The summed E-state index contributed by atoms with van der Waals surface area (Å²) in [5.74, 6) is -0.00299. The Morgan fingerprint density at radius 1 is 0.903 bits per heavy atom. The van der Waals surface area contributed by atoms with Gasteiger partial charge in [-0.1, -0.05) is 60.7 Å². The van der Waals surface area contributed by atoms with Crippen LogP contribution in [0.15, 0.2) is 85.2 Å². The lowest BCUT2D eigenvalue weighted by molar-refractivity contribution is -0.127. The van der Waals surface area contributed by atoms with E-state index in [0.29, 0.717) is 31.5 Å². The molecule has 1 aliphatic rings. The Morgan fingerprint density at radius 3 is 2.16 bits per heavy atom. The molecule has 2 amide bonds. The molecule has 4 rings (SSSR count). The van der Waals surface area contributed by atoms with E-state index in [1.807, 2.05) is 41.3 Å². The normalized spacial score (nSPS) is 15.3. The van der Waals surface area contributed by atoms with Crippen LogP contribution in [0.5, 0.6) is 0 Å². The first-order valence-electron chi connectivity index (χ1n) is 10.8. The maximum absolute atomic E-state index is 13.1. The largest absolute Gasteiger partial charge is 0.349 e. The maximum atomic E-state index is 13.1. The molecule has 158 valence electrons. The molecular formula is C26H27N3O2. The van der Waals surface area contributed by atoms with Crippen molar-refractivity contribution in [3.8, 4) is 0 Å². The highest BCUT2D eigenvalue weighted by Crippen LogP contribution is 2.23. The van der Waals surface area contributed by atoms with Crippen LogP contribution in [0.2, 0.25) is 0 Å². The van der Waals surface area contributed by atoms with Crippen molar-refractivity contribution in [3.05, 3.63) is 102 Å². The molecule has 0 bridgehead atoms. The first-order chi connectivity index (χ1) is 15.2. The number of nitrogens with zero attached hydrogens (tertiary/aromatic N) is 2. The number of carbonyl (C=O) groups excluding carboxylic acids is 2. The molecule has 5 nitrogen and oxygen atoms in total. The molecule has 2 heterocycles. The maximum Gasteiger partial charge on any atom is 0.253 e. The van der Waals surface area contributed by atoms with Gasteiger partial charge in [0.05, 0.1) is 6.04 Å². The molecule has 1 N–H and O–H groups in total. The Bertz CT molecular complexity index is 985. The van der Waals surface area contributed by atoms with E-state index in [2.05, 4.69) is 34.6 Å². The number of rotatable bonds is 6. The smallest absolute Gasteiger partial charge is 0.253 e. The summed E-state index contributed by atoms with van der Waals surface area (Å²) in [5, 5.41) is 3.28. The zero-order valence-electron chi connectivity index (χ0n) is 17.5. The van der Waals surface area contributed by atoms with Gasteiger partial charge in [-0.05, 0) is 42.5 Å². The van der Waals surface area contributed by atoms with E-state index in [-0.39, 0.29) is 23.8 Å². The third kappa shape index (κ3) is 5.37. The number of aromatic nitrogens is 1. The van der Waals surface area contributed by atoms with Gasteiger partial charge < -0.3 is 10.2 Å². The minimum Gasteiger partial charge on any atom is -0.349 e.